The molecule has 0 atom stereocenters. The molecule has 104 valence electrons. The van der Waals surface area contributed by atoms with Gasteiger partial charge in [-0.3, -0.25) is 0 Å². The summed E-state index contributed by atoms with van der Waals surface area (Å²) in [5.41, 5.74) is 1.31. The molecule has 0 saturated heterocycles. The fourth-order valence-electron chi connectivity index (χ4n) is 2.35. The number of ether oxygens (including phenoxy) is 1. The molecular formula is C17H25NO. The van der Waals surface area contributed by atoms with Crippen LogP contribution in [0.3, 0.4) is 0 Å². The zero-order chi connectivity index (χ0) is 13.7. The third-order valence-electron chi connectivity index (χ3n) is 3.40. The molecule has 0 radical (unpaired) electrons. The quantitative estimate of drug-likeness (QED) is 0.692. The Labute approximate surface area is 116 Å². The average molecular weight is 259 g/mol. The van der Waals surface area contributed by atoms with Crippen molar-refractivity contribution in [2.24, 2.45) is 5.92 Å². The fraction of sp³-hybridized carbons (Fsp3) is 0.529. The molecule has 0 aliphatic rings. The molecule has 0 amide bonds. The van der Waals surface area contributed by atoms with Crippen LogP contribution in [0, 0.1) is 5.92 Å². The highest BCUT2D eigenvalue weighted by atomic mass is 16.5. The highest BCUT2D eigenvalue weighted by Gasteiger charge is 2.03. The zero-order valence-electron chi connectivity index (χ0n) is 12.4. The van der Waals surface area contributed by atoms with E-state index in [-0.39, 0.29) is 0 Å². The van der Waals surface area contributed by atoms with Crippen LogP contribution >= 0.6 is 0 Å². The molecule has 0 aliphatic heterocycles. The number of aromatic nitrogens is 1. The van der Waals surface area contributed by atoms with Gasteiger partial charge in [0.25, 0.3) is 0 Å². The van der Waals surface area contributed by atoms with Crippen LogP contribution < -0.4 is 4.74 Å². The first-order chi connectivity index (χ1) is 9.20. The number of hydrogen-bond donors (Lipinski definition) is 0. The number of aryl methyl sites for hydroxylation is 1. The van der Waals surface area contributed by atoms with Crippen molar-refractivity contribution in [2.75, 3.05) is 6.61 Å². The first-order valence-corrected chi connectivity index (χ1v) is 7.42. The Balaban J connectivity index is 2.06. The lowest BCUT2D eigenvalue weighted by molar-refractivity contribution is 0.318. The molecule has 2 aromatic rings. The Morgan fingerprint density at radius 3 is 2.79 bits per heavy atom. The van der Waals surface area contributed by atoms with Gasteiger partial charge in [0.1, 0.15) is 5.75 Å². The van der Waals surface area contributed by atoms with Gasteiger partial charge in [-0.15, -0.1) is 0 Å². The number of benzene rings is 1. The van der Waals surface area contributed by atoms with E-state index in [1.54, 1.807) is 0 Å². The topological polar surface area (TPSA) is 14.2 Å². The van der Waals surface area contributed by atoms with E-state index in [2.05, 4.69) is 55.8 Å². The minimum atomic E-state index is 0.788. The van der Waals surface area contributed by atoms with E-state index in [0.29, 0.717) is 0 Å². The molecule has 0 fully saturated rings. The molecule has 1 heterocycles. The Morgan fingerprint density at radius 1 is 1.21 bits per heavy atom. The summed E-state index contributed by atoms with van der Waals surface area (Å²) in [5, 5.41) is 1.28. The van der Waals surface area contributed by atoms with Crippen molar-refractivity contribution < 1.29 is 4.74 Å². The van der Waals surface area contributed by atoms with Crippen molar-refractivity contribution in [3.05, 3.63) is 30.5 Å². The number of nitrogens with zero attached hydrogens (tertiary/aromatic N) is 1. The van der Waals surface area contributed by atoms with E-state index >= 15 is 0 Å². The van der Waals surface area contributed by atoms with Gasteiger partial charge in [0.05, 0.1) is 6.61 Å². The van der Waals surface area contributed by atoms with Crippen molar-refractivity contribution in [1.29, 1.82) is 0 Å². The lowest BCUT2D eigenvalue weighted by Crippen LogP contribution is -1.98. The highest BCUT2D eigenvalue weighted by Crippen LogP contribution is 2.22. The van der Waals surface area contributed by atoms with Crippen molar-refractivity contribution in [3.8, 4) is 5.75 Å². The van der Waals surface area contributed by atoms with E-state index in [0.717, 1.165) is 31.2 Å². The van der Waals surface area contributed by atoms with Crippen LogP contribution in [-0.2, 0) is 6.54 Å². The van der Waals surface area contributed by atoms with Crippen molar-refractivity contribution in [2.45, 2.75) is 46.6 Å². The molecule has 2 nitrogen and oxygen atoms in total. The summed E-state index contributed by atoms with van der Waals surface area (Å²) in [5.74, 6) is 1.77. The monoisotopic (exact) mass is 259 g/mol. The maximum atomic E-state index is 5.68. The standard InChI is InChI=1S/C17H25NO/c1-4-12-19-16-7-8-17-15(13-16)9-11-18(17)10-5-6-14(2)3/h7-9,11,13-14H,4-6,10,12H2,1-3H3. The van der Waals surface area contributed by atoms with Crippen LogP contribution in [0.2, 0.25) is 0 Å². The summed E-state index contributed by atoms with van der Waals surface area (Å²) in [4.78, 5) is 0. The summed E-state index contributed by atoms with van der Waals surface area (Å²) in [6.45, 7) is 8.59. The second-order valence-corrected chi connectivity index (χ2v) is 5.61. The first-order valence-electron chi connectivity index (χ1n) is 7.42. The van der Waals surface area contributed by atoms with Gasteiger partial charge < -0.3 is 9.30 Å². The van der Waals surface area contributed by atoms with Crippen molar-refractivity contribution in [3.63, 3.8) is 0 Å². The zero-order valence-corrected chi connectivity index (χ0v) is 12.4. The Bertz CT molecular complexity index is 513. The first kappa shape index (κ1) is 14.0. The second kappa shape index (κ2) is 6.65. The van der Waals surface area contributed by atoms with Crippen LogP contribution in [0.5, 0.6) is 5.75 Å². The van der Waals surface area contributed by atoms with Gasteiger partial charge in [-0.1, -0.05) is 20.8 Å². The normalized spacial score (nSPS) is 11.4. The SMILES string of the molecule is CCCOc1ccc2c(ccn2CCCC(C)C)c1. The average Bonchev–Trinajstić information content (AvgIpc) is 2.79. The van der Waals surface area contributed by atoms with Gasteiger partial charge in [0.2, 0.25) is 0 Å². The number of fused-ring (bicyclic) bond motifs is 1. The van der Waals surface area contributed by atoms with Crippen LogP contribution in [0.1, 0.15) is 40.0 Å². The molecule has 0 spiro atoms. The molecule has 1 aromatic carbocycles. The Kier molecular flexibility index (Phi) is 4.89. The molecule has 19 heavy (non-hydrogen) atoms. The van der Waals surface area contributed by atoms with E-state index in [9.17, 15) is 0 Å². The summed E-state index contributed by atoms with van der Waals surface area (Å²) in [7, 11) is 0. The third kappa shape index (κ3) is 3.76. The van der Waals surface area contributed by atoms with E-state index in [1.165, 1.54) is 23.7 Å². The van der Waals surface area contributed by atoms with E-state index in [1.807, 2.05) is 0 Å². The molecular weight excluding hydrogens is 234 g/mol. The number of rotatable bonds is 7. The van der Waals surface area contributed by atoms with Crippen LogP contribution in [-0.4, -0.2) is 11.2 Å². The summed E-state index contributed by atoms with van der Waals surface area (Å²) in [6, 6.07) is 8.58. The lowest BCUT2D eigenvalue weighted by Gasteiger charge is -2.08. The molecule has 0 saturated carbocycles. The van der Waals surface area contributed by atoms with Crippen LogP contribution in [0.25, 0.3) is 10.9 Å². The van der Waals surface area contributed by atoms with Crippen molar-refractivity contribution in [1.82, 2.24) is 4.57 Å². The lowest BCUT2D eigenvalue weighted by atomic mass is 10.1. The predicted octanol–water partition coefficient (Wildman–Crippen LogP) is 4.87. The van der Waals surface area contributed by atoms with Crippen LogP contribution in [0.4, 0.5) is 0 Å². The minimum absolute atomic E-state index is 0.788. The molecule has 0 bridgehead atoms. The van der Waals surface area contributed by atoms with Gasteiger partial charge in [0, 0.05) is 23.6 Å². The molecule has 0 unspecified atom stereocenters. The third-order valence-corrected chi connectivity index (χ3v) is 3.40. The molecule has 2 heteroatoms. The fourth-order valence-corrected chi connectivity index (χ4v) is 2.35. The molecule has 0 aliphatic carbocycles. The van der Waals surface area contributed by atoms with Gasteiger partial charge in [-0.25, -0.2) is 0 Å². The van der Waals surface area contributed by atoms with Crippen LogP contribution in [0.15, 0.2) is 30.5 Å². The highest BCUT2D eigenvalue weighted by molar-refractivity contribution is 5.81. The Morgan fingerprint density at radius 2 is 2.05 bits per heavy atom. The van der Waals surface area contributed by atoms with Gasteiger partial charge >= 0.3 is 0 Å². The second-order valence-electron chi connectivity index (χ2n) is 5.61. The van der Waals surface area contributed by atoms with Gasteiger partial charge in [-0.05, 0) is 49.4 Å². The van der Waals surface area contributed by atoms with Gasteiger partial charge in [0.15, 0.2) is 0 Å². The van der Waals surface area contributed by atoms with Crippen molar-refractivity contribution >= 4 is 10.9 Å². The maximum Gasteiger partial charge on any atom is 0.120 e. The smallest absolute Gasteiger partial charge is 0.120 e. The summed E-state index contributed by atoms with van der Waals surface area (Å²) >= 11 is 0. The van der Waals surface area contributed by atoms with E-state index < -0.39 is 0 Å². The Hall–Kier alpha value is -1.44. The minimum Gasteiger partial charge on any atom is -0.494 e. The molecule has 2 rings (SSSR count). The summed E-state index contributed by atoms with van der Waals surface area (Å²) < 4.78 is 8.02. The predicted molar refractivity (Wildman–Crippen MR) is 81.8 cm³/mol. The molecule has 1 aromatic heterocycles. The molecule has 0 N–H and O–H groups in total. The number of hydrogen-bond acceptors (Lipinski definition) is 1. The summed E-state index contributed by atoms with van der Waals surface area (Å²) in [6.07, 6.45) is 5.77. The largest absolute Gasteiger partial charge is 0.494 e. The maximum absolute atomic E-state index is 5.68. The van der Waals surface area contributed by atoms with Gasteiger partial charge in [-0.2, -0.15) is 0 Å². The van der Waals surface area contributed by atoms with E-state index in [4.69, 9.17) is 4.74 Å².